The van der Waals surface area contributed by atoms with Crippen LogP contribution in [0, 0.1) is 0 Å². The van der Waals surface area contributed by atoms with E-state index in [-0.39, 0.29) is 0 Å². The van der Waals surface area contributed by atoms with Gasteiger partial charge in [0.2, 0.25) is 0 Å². The molecule has 0 unspecified atom stereocenters. The largest absolute Gasteiger partial charge is 0.494 e. The number of carbonyl (C=O) groups is 2. The van der Waals surface area contributed by atoms with E-state index in [4.69, 9.17) is 4.74 Å². The van der Waals surface area contributed by atoms with E-state index in [1.807, 2.05) is 31.2 Å². The van der Waals surface area contributed by atoms with Gasteiger partial charge in [-0.1, -0.05) is 35.0 Å². The van der Waals surface area contributed by atoms with Crippen molar-refractivity contribution in [2.75, 3.05) is 11.9 Å². The Morgan fingerprint density at radius 3 is 2.40 bits per heavy atom. The second-order valence-electron chi connectivity index (χ2n) is 5.08. The van der Waals surface area contributed by atoms with Gasteiger partial charge in [0, 0.05) is 10.2 Å². The fourth-order valence-electron chi connectivity index (χ4n) is 1.81. The van der Waals surface area contributed by atoms with Crippen LogP contribution < -0.4 is 15.5 Å². The molecule has 2 aromatic carbocycles. The van der Waals surface area contributed by atoms with E-state index in [1.165, 1.54) is 6.21 Å². The van der Waals surface area contributed by atoms with Crippen LogP contribution in [0.3, 0.4) is 0 Å². The van der Waals surface area contributed by atoms with Gasteiger partial charge in [-0.05, 0) is 48.4 Å². The van der Waals surface area contributed by atoms with E-state index in [2.05, 4.69) is 31.8 Å². The molecular weight excluding hydrogens is 386 g/mol. The van der Waals surface area contributed by atoms with Crippen LogP contribution in [-0.2, 0) is 9.59 Å². The Morgan fingerprint density at radius 2 is 1.76 bits per heavy atom. The molecule has 0 atom stereocenters. The number of halogens is 1. The summed E-state index contributed by atoms with van der Waals surface area (Å²) in [7, 11) is 0. The maximum Gasteiger partial charge on any atom is 0.329 e. The first kappa shape index (κ1) is 18.7. The molecule has 0 fully saturated rings. The number of ether oxygens (including phenoxy) is 1. The molecular formula is C18H18BrN3O3. The lowest BCUT2D eigenvalue weighted by Gasteiger charge is -2.07. The number of amides is 2. The van der Waals surface area contributed by atoms with Crippen LogP contribution >= 0.6 is 15.9 Å². The van der Waals surface area contributed by atoms with Crippen LogP contribution in [0.2, 0.25) is 0 Å². The highest BCUT2D eigenvalue weighted by Crippen LogP contribution is 2.15. The standard InChI is InChI=1S/C18H18BrN3O3/c1-2-11-25-16-9-7-15(8-10-16)21-17(23)18(24)22-20-12-13-3-5-14(19)6-4-13/h3-10,12H,2,11H2,1H3,(H,21,23)(H,22,24)/b20-12-. The molecule has 6 nitrogen and oxygen atoms in total. The Bertz CT molecular complexity index is 743. The van der Waals surface area contributed by atoms with Gasteiger partial charge < -0.3 is 10.1 Å². The van der Waals surface area contributed by atoms with Crippen molar-refractivity contribution in [3.05, 3.63) is 58.6 Å². The number of rotatable bonds is 6. The van der Waals surface area contributed by atoms with Crippen molar-refractivity contribution in [3.63, 3.8) is 0 Å². The van der Waals surface area contributed by atoms with Crippen molar-refractivity contribution >= 4 is 39.6 Å². The summed E-state index contributed by atoms with van der Waals surface area (Å²) in [6, 6.07) is 14.1. The van der Waals surface area contributed by atoms with Crippen LogP contribution in [0.25, 0.3) is 0 Å². The lowest BCUT2D eigenvalue weighted by atomic mass is 10.2. The van der Waals surface area contributed by atoms with Gasteiger partial charge >= 0.3 is 11.8 Å². The van der Waals surface area contributed by atoms with Gasteiger partial charge in [0.25, 0.3) is 0 Å². The molecule has 0 aliphatic rings. The third-order valence-electron chi connectivity index (χ3n) is 3.04. The molecule has 2 amide bonds. The van der Waals surface area contributed by atoms with Crippen molar-refractivity contribution in [2.24, 2.45) is 5.10 Å². The quantitative estimate of drug-likeness (QED) is 0.441. The first-order chi connectivity index (χ1) is 12.1. The summed E-state index contributed by atoms with van der Waals surface area (Å²) in [5, 5.41) is 6.26. The highest BCUT2D eigenvalue weighted by atomic mass is 79.9. The Morgan fingerprint density at radius 1 is 1.08 bits per heavy atom. The summed E-state index contributed by atoms with van der Waals surface area (Å²) in [6.45, 7) is 2.65. The second-order valence-corrected chi connectivity index (χ2v) is 5.99. The van der Waals surface area contributed by atoms with Gasteiger partial charge in [-0.2, -0.15) is 5.10 Å². The van der Waals surface area contributed by atoms with Crippen LogP contribution in [0.15, 0.2) is 58.1 Å². The molecule has 0 heterocycles. The molecule has 2 aromatic rings. The summed E-state index contributed by atoms with van der Waals surface area (Å²) >= 11 is 3.33. The second kappa shape index (κ2) is 9.58. The fraction of sp³-hybridized carbons (Fsp3) is 0.167. The number of hydrogen-bond donors (Lipinski definition) is 2. The van der Waals surface area contributed by atoms with Gasteiger partial charge in [-0.25, -0.2) is 5.43 Å². The molecule has 0 saturated heterocycles. The van der Waals surface area contributed by atoms with Gasteiger partial charge in [0.1, 0.15) is 5.75 Å². The molecule has 7 heteroatoms. The van der Waals surface area contributed by atoms with Crippen LogP contribution in [-0.4, -0.2) is 24.6 Å². The van der Waals surface area contributed by atoms with E-state index < -0.39 is 11.8 Å². The van der Waals surface area contributed by atoms with Crippen LogP contribution in [0.5, 0.6) is 5.75 Å². The van der Waals surface area contributed by atoms with Crippen molar-refractivity contribution in [3.8, 4) is 5.75 Å². The number of carbonyl (C=O) groups excluding carboxylic acids is 2. The monoisotopic (exact) mass is 403 g/mol. The van der Waals surface area contributed by atoms with Gasteiger partial charge in [-0.3, -0.25) is 9.59 Å². The van der Waals surface area contributed by atoms with E-state index in [1.54, 1.807) is 24.3 Å². The number of benzene rings is 2. The zero-order valence-electron chi connectivity index (χ0n) is 13.7. The van der Waals surface area contributed by atoms with Gasteiger partial charge in [0.15, 0.2) is 0 Å². The van der Waals surface area contributed by atoms with E-state index in [0.717, 1.165) is 16.5 Å². The van der Waals surface area contributed by atoms with E-state index in [0.29, 0.717) is 18.0 Å². The molecule has 2 N–H and O–H groups in total. The minimum atomic E-state index is -0.848. The average Bonchev–Trinajstić information content (AvgIpc) is 2.62. The SMILES string of the molecule is CCCOc1ccc(NC(=O)C(=O)N/N=C\c2ccc(Br)cc2)cc1. The van der Waals surface area contributed by atoms with E-state index in [9.17, 15) is 9.59 Å². The van der Waals surface area contributed by atoms with Crippen molar-refractivity contribution in [2.45, 2.75) is 13.3 Å². The van der Waals surface area contributed by atoms with Crippen molar-refractivity contribution in [1.29, 1.82) is 0 Å². The Kier molecular flexibility index (Phi) is 7.16. The smallest absolute Gasteiger partial charge is 0.329 e. The highest BCUT2D eigenvalue weighted by molar-refractivity contribution is 9.10. The van der Waals surface area contributed by atoms with Gasteiger partial charge in [0.05, 0.1) is 12.8 Å². The summed E-state index contributed by atoms with van der Waals surface area (Å²) < 4.78 is 6.39. The predicted octanol–water partition coefficient (Wildman–Crippen LogP) is 3.33. The zero-order chi connectivity index (χ0) is 18.1. The maximum atomic E-state index is 11.8. The Labute approximate surface area is 154 Å². The molecule has 0 radical (unpaired) electrons. The van der Waals surface area contributed by atoms with Crippen molar-refractivity contribution in [1.82, 2.24) is 5.43 Å². The molecule has 25 heavy (non-hydrogen) atoms. The molecule has 0 spiro atoms. The first-order valence-electron chi connectivity index (χ1n) is 7.71. The predicted molar refractivity (Wildman–Crippen MR) is 101 cm³/mol. The third-order valence-corrected chi connectivity index (χ3v) is 3.57. The Balaban J connectivity index is 1.83. The number of hydrazone groups is 1. The van der Waals surface area contributed by atoms with Crippen LogP contribution in [0.4, 0.5) is 5.69 Å². The maximum absolute atomic E-state index is 11.8. The highest BCUT2D eigenvalue weighted by Gasteiger charge is 2.12. The minimum absolute atomic E-state index is 0.501. The number of hydrogen-bond acceptors (Lipinski definition) is 4. The third kappa shape index (κ3) is 6.39. The normalized spacial score (nSPS) is 10.5. The molecule has 0 aliphatic carbocycles. The molecule has 0 aromatic heterocycles. The summed E-state index contributed by atoms with van der Waals surface area (Å²) in [5.74, 6) is -0.932. The minimum Gasteiger partial charge on any atom is -0.494 e. The lowest BCUT2D eigenvalue weighted by molar-refractivity contribution is -0.136. The summed E-state index contributed by atoms with van der Waals surface area (Å²) in [5.41, 5.74) is 3.49. The molecule has 2 rings (SSSR count). The lowest BCUT2D eigenvalue weighted by Crippen LogP contribution is -2.32. The van der Waals surface area contributed by atoms with Crippen molar-refractivity contribution < 1.29 is 14.3 Å². The average molecular weight is 404 g/mol. The molecule has 0 saturated carbocycles. The number of anilines is 1. The molecule has 0 aliphatic heterocycles. The number of nitrogens with zero attached hydrogens (tertiary/aromatic N) is 1. The van der Waals surface area contributed by atoms with Crippen LogP contribution in [0.1, 0.15) is 18.9 Å². The van der Waals surface area contributed by atoms with Gasteiger partial charge in [-0.15, -0.1) is 0 Å². The number of nitrogens with one attached hydrogen (secondary N) is 2. The summed E-state index contributed by atoms with van der Waals surface area (Å²) in [4.78, 5) is 23.6. The fourth-order valence-corrected chi connectivity index (χ4v) is 2.07. The summed E-state index contributed by atoms with van der Waals surface area (Å²) in [6.07, 6.45) is 2.37. The van der Waals surface area contributed by atoms with E-state index >= 15 is 0 Å². The molecule has 0 bridgehead atoms. The Hall–Kier alpha value is -2.67. The molecule has 130 valence electrons. The zero-order valence-corrected chi connectivity index (χ0v) is 15.2. The topological polar surface area (TPSA) is 79.8 Å². The first-order valence-corrected chi connectivity index (χ1v) is 8.50.